The summed E-state index contributed by atoms with van der Waals surface area (Å²) in [6.45, 7) is 14.4. The minimum absolute atomic E-state index is 0.0826. The van der Waals surface area contributed by atoms with E-state index in [2.05, 4.69) is 13.5 Å². The van der Waals surface area contributed by atoms with E-state index in [1.54, 1.807) is 22.8 Å². The molecule has 1 N–H and O–H groups in total. The summed E-state index contributed by atoms with van der Waals surface area (Å²) in [6, 6.07) is -1.45. The first-order valence-corrected chi connectivity index (χ1v) is 13.4. The summed E-state index contributed by atoms with van der Waals surface area (Å²) in [4.78, 5) is 44.9. The quantitative estimate of drug-likeness (QED) is 0.241. The molecule has 0 saturated carbocycles. The summed E-state index contributed by atoms with van der Waals surface area (Å²) in [5, 5.41) is 10.3. The summed E-state index contributed by atoms with van der Waals surface area (Å²) in [5.74, 6) is -2.53. The molecule has 6 atom stereocenters. The molecule has 3 fully saturated rings. The predicted molar refractivity (Wildman–Crippen MR) is 132 cm³/mol. The summed E-state index contributed by atoms with van der Waals surface area (Å²) >= 11 is 0. The smallest absolute Gasteiger partial charge is 0.312 e. The molecule has 3 aliphatic rings. The molecule has 2 unspecified atom stereocenters. The Morgan fingerprint density at radius 1 is 1.29 bits per heavy atom. The number of carbonyl (C=O) groups excluding carboxylic acids is 3. The molecule has 3 saturated heterocycles. The second-order valence-corrected chi connectivity index (χ2v) is 10.6. The zero-order valence-electron chi connectivity index (χ0n) is 22.1. The summed E-state index contributed by atoms with van der Waals surface area (Å²) in [7, 11) is 0. The fourth-order valence-electron chi connectivity index (χ4n) is 6.68. The van der Waals surface area contributed by atoms with E-state index >= 15 is 0 Å². The standard InChI is InChI=1S/C27H44N2O6/c1-7-11-12-16-28(15-8-2)24(32)22-27-14-13-26(9-3,35-27)21(25(33)34-10-4)20(27)23(31)29(22)19(17-30)18(5)6/h8,18-22,30H,2,7,9-17H2,1,3-6H3/t19-,20-,21+,22?,26-,27?/m0/s1. The number of aliphatic hydroxyl groups excluding tert-OH is 1. The molecule has 3 aliphatic heterocycles. The SMILES string of the molecule is C=CCN(CCCCC)C(=O)C1N([C@@H](CO)C(C)C)C(=O)[C@@H]2[C@H](C(=O)OCC)[C@]3(CC)CCC12O3. The molecule has 35 heavy (non-hydrogen) atoms. The number of fused-ring (bicyclic) bond motifs is 1. The fraction of sp³-hybridized carbons (Fsp3) is 0.815. The van der Waals surface area contributed by atoms with Crippen LogP contribution in [0.5, 0.6) is 0 Å². The molecular formula is C27H44N2O6. The van der Waals surface area contributed by atoms with Gasteiger partial charge in [0.1, 0.15) is 17.6 Å². The molecule has 8 heteroatoms. The number of carbonyl (C=O) groups is 3. The van der Waals surface area contributed by atoms with Crippen LogP contribution in [0.4, 0.5) is 0 Å². The van der Waals surface area contributed by atoms with Gasteiger partial charge < -0.3 is 24.4 Å². The molecule has 0 radical (unpaired) electrons. The number of ether oxygens (including phenoxy) is 2. The van der Waals surface area contributed by atoms with Gasteiger partial charge in [0.05, 0.1) is 30.8 Å². The number of rotatable bonds is 13. The minimum Gasteiger partial charge on any atom is -0.466 e. The Hall–Kier alpha value is -1.93. The molecule has 0 aromatic carbocycles. The Labute approximate surface area is 210 Å². The highest BCUT2D eigenvalue weighted by molar-refractivity contribution is 5.98. The molecule has 2 bridgehead atoms. The Morgan fingerprint density at radius 2 is 2.00 bits per heavy atom. The first-order chi connectivity index (χ1) is 16.7. The average Bonchev–Trinajstić information content (AvgIpc) is 3.43. The van der Waals surface area contributed by atoms with Crippen molar-refractivity contribution >= 4 is 17.8 Å². The van der Waals surface area contributed by atoms with Gasteiger partial charge in [-0.15, -0.1) is 6.58 Å². The van der Waals surface area contributed by atoms with Gasteiger partial charge in [-0.05, 0) is 38.5 Å². The molecule has 0 aromatic heterocycles. The summed E-state index contributed by atoms with van der Waals surface area (Å²) in [5.41, 5.74) is -1.91. The molecule has 198 valence electrons. The van der Waals surface area contributed by atoms with Crippen molar-refractivity contribution in [1.29, 1.82) is 0 Å². The maximum Gasteiger partial charge on any atom is 0.312 e. The van der Waals surface area contributed by atoms with Gasteiger partial charge in [-0.3, -0.25) is 14.4 Å². The first kappa shape index (κ1) is 27.7. The fourth-order valence-corrected chi connectivity index (χ4v) is 6.68. The van der Waals surface area contributed by atoms with E-state index in [4.69, 9.17) is 9.47 Å². The highest BCUT2D eigenvalue weighted by Crippen LogP contribution is 2.65. The van der Waals surface area contributed by atoms with Gasteiger partial charge in [-0.2, -0.15) is 0 Å². The van der Waals surface area contributed by atoms with Crippen LogP contribution in [0.25, 0.3) is 0 Å². The molecular weight excluding hydrogens is 448 g/mol. The lowest BCUT2D eigenvalue weighted by molar-refractivity contribution is -0.164. The summed E-state index contributed by atoms with van der Waals surface area (Å²) in [6.07, 6.45) is 6.25. The predicted octanol–water partition coefficient (Wildman–Crippen LogP) is 2.93. The van der Waals surface area contributed by atoms with Crippen molar-refractivity contribution in [2.24, 2.45) is 17.8 Å². The van der Waals surface area contributed by atoms with E-state index < -0.39 is 41.1 Å². The van der Waals surface area contributed by atoms with Crippen molar-refractivity contribution in [2.45, 2.75) is 96.4 Å². The van der Waals surface area contributed by atoms with Crippen LogP contribution in [0.2, 0.25) is 0 Å². The Bertz CT molecular complexity index is 815. The third-order valence-electron chi connectivity index (χ3n) is 8.40. The number of esters is 1. The highest BCUT2D eigenvalue weighted by atomic mass is 16.6. The van der Waals surface area contributed by atoms with Crippen LogP contribution in [0.3, 0.4) is 0 Å². The molecule has 2 amide bonds. The maximum absolute atomic E-state index is 14.3. The third kappa shape index (κ3) is 4.41. The molecule has 0 aromatic rings. The Balaban J connectivity index is 2.12. The van der Waals surface area contributed by atoms with Crippen molar-refractivity contribution in [3.63, 3.8) is 0 Å². The number of nitrogens with zero attached hydrogens (tertiary/aromatic N) is 2. The minimum atomic E-state index is -1.10. The lowest BCUT2D eigenvalue weighted by Crippen LogP contribution is -2.59. The van der Waals surface area contributed by atoms with E-state index in [1.807, 2.05) is 20.8 Å². The van der Waals surface area contributed by atoms with Crippen LogP contribution >= 0.6 is 0 Å². The van der Waals surface area contributed by atoms with Crippen LogP contribution < -0.4 is 0 Å². The highest BCUT2D eigenvalue weighted by Gasteiger charge is 2.79. The lowest BCUT2D eigenvalue weighted by Gasteiger charge is -2.40. The summed E-state index contributed by atoms with van der Waals surface area (Å²) < 4.78 is 12.2. The number of hydrogen-bond acceptors (Lipinski definition) is 6. The normalized spacial score (nSPS) is 32.1. The van der Waals surface area contributed by atoms with E-state index in [9.17, 15) is 19.5 Å². The van der Waals surface area contributed by atoms with Gasteiger partial charge in [0.2, 0.25) is 11.8 Å². The van der Waals surface area contributed by atoms with Crippen LogP contribution in [0.15, 0.2) is 12.7 Å². The number of likely N-dealkylation sites (tertiary alicyclic amines) is 1. The number of hydrogen-bond donors (Lipinski definition) is 1. The van der Waals surface area contributed by atoms with Crippen molar-refractivity contribution in [2.75, 3.05) is 26.3 Å². The first-order valence-electron chi connectivity index (χ1n) is 13.4. The van der Waals surface area contributed by atoms with Crippen molar-refractivity contribution in [3.05, 3.63) is 12.7 Å². The largest absolute Gasteiger partial charge is 0.466 e. The average molecular weight is 493 g/mol. The molecule has 3 heterocycles. The van der Waals surface area contributed by atoms with Crippen LogP contribution in [-0.4, -0.2) is 82.3 Å². The molecule has 3 rings (SSSR count). The van der Waals surface area contributed by atoms with Crippen molar-refractivity contribution < 1.29 is 29.0 Å². The van der Waals surface area contributed by atoms with Gasteiger partial charge in [-0.25, -0.2) is 0 Å². The molecule has 1 spiro atoms. The number of unbranched alkanes of at least 4 members (excludes halogenated alkanes) is 2. The number of aliphatic hydroxyl groups is 1. The molecule has 8 nitrogen and oxygen atoms in total. The van der Waals surface area contributed by atoms with E-state index in [-0.39, 0.29) is 30.9 Å². The van der Waals surface area contributed by atoms with E-state index in [1.165, 1.54) is 0 Å². The topological polar surface area (TPSA) is 96.4 Å². The monoisotopic (exact) mass is 492 g/mol. The second-order valence-electron chi connectivity index (χ2n) is 10.6. The molecule has 0 aliphatic carbocycles. The lowest BCUT2D eigenvalue weighted by atomic mass is 9.65. The van der Waals surface area contributed by atoms with Crippen molar-refractivity contribution in [1.82, 2.24) is 9.80 Å². The van der Waals surface area contributed by atoms with Gasteiger partial charge in [0.15, 0.2) is 0 Å². The number of amides is 2. The van der Waals surface area contributed by atoms with E-state index in [0.29, 0.717) is 32.4 Å². The van der Waals surface area contributed by atoms with Crippen LogP contribution in [0, 0.1) is 17.8 Å². The zero-order chi connectivity index (χ0) is 26.0. The third-order valence-corrected chi connectivity index (χ3v) is 8.40. The van der Waals surface area contributed by atoms with Crippen LogP contribution in [-0.2, 0) is 23.9 Å². The zero-order valence-corrected chi connectivity index (χ0v) is 22.1. The van der Waals surface area contributed by atoms with E-state index in [0.717, 1.165) is 19.3 Å². The Kier molecular flexibility index (Phi) is 8.69. The van der Waals surface area contributed by atoms with Crippen molar-refractivity contribution in [3.8, 4) is 0 Å². The second kappa shape index (κ2) is 11.0. The van der Waals surface area contributed by atoms with Gasteiger partial charge in [0, 0.05) is 13.1 Å². The van der Waals surface area contributed by atoms with Gasteiger partial charge in [-0.1, -0.05) is 46.6 Å². The van der Waals surface area contributed by atoms with Gasteiger partial charge in [0.25, 0.3) is 0 Å². The maximum atomic E-state index is 14.3. The Morgan fingerprint density at radius 3 is 2.54 bits per heavy atom. The van der Waals surface area contributed by atoms with Gasteiger partial charge >= 0.3 is 5.97 Å². The van der Waals surface area contributed by atoms with Crippen LogP contribution in [0.1, 0.15) is 73.1 Å².